The SMILES string of the molecule is CC(O)c1ccc(OCc2ccc(Cl)s2)c(Cl)c1. The molecule has 1 unspecified atom stereocenters. The number of hydrogen-bond donors (Lipinski definition) is 1. The van der Waals surface area contributed by atoms with Crippen LogP contribution in [0, 0.1) is 0 Å². The van der Waals surface area contributed by atoms with Crippen LogP contribution in [-0.4, -0.2) is 5.11 Å². The number of hydrogen-bond acceptors (Lipinski definition) is 3. The van der Waals surface area contributed by atoms with Gasteiger partial charge in [-0.25, -0.2) is 0 Å². The van der Waals surface area contributed by atoms with Crippen molar-refractivity contribution in [3.05, 3.63) is 50.1 Å². The standard InChI is InChI=1S/C13H12Cl2O2S/c1-8(16)9-2-4-12(11(14)6-9)17-7-10-3-5-13(15)18-10/h2-6,8,16H,7H2,1H3. The number of benzene rings is 1. The lowest BCUT2D eigenvalue weighted by Gasteiger charge is -2.10. The van der Waals surface area contributed by atoms with Crippen molar-refractivity contribution in [2.24, 2.45) is 0 Å². The second-order valence-electron chi connectivity index (χ2n) is 3.86. The van der Waals surface area contributed by atoms with Crippen molar-refractivity contribution in [3.63, 3.8) is 0 Å². The van der Waals surface area contributed by atoms with Crippen molar-refractivity contribution in [1.82, 2.24) is 0 Å². The minimum absolute atomic E-state index is 0.436. The van der Waals surface area contributed by atoms with Crippen molar-refractivity contribution >= 4 is 34.5 Å². The number of ether oxygens (including phenoxy) is 1. The van der Waals surface area contributed by atoms with E-state index in [1.54, 1.807) is 25.1 Å². The molecule has 0 amide bonds. The predicted octanol–water partition coefficient (Wildman–Crippen LogP) is 4.69. The van der Waals surface area contributed by atoms with Crippen molar-refractivity contribution < 1.29 is 9.84 Å². The van der Waals surface area contributed by atoms with Crippen molar-refractivity contribution in [1.29, 1.82) is 0 Å². The molecule has 1 atom stereocenters. The summed E-state index contributed by atoms with van der Waals surface area (Å²) < 4.78 is 6.35. The Hall–Kier alpha value is -0.740. The van der Waals surface area contributed by atoms with E-state index in [9.17, 15) is 5.11 Å². The van der Waals surface area contributed by atoms with Crippen LogP contribution in [0.15, 0.2) is 30.3 Å². The van der Waals surface area contributed by atoms with Crippen LogP contribution in [0.2, 0.25) is 9.36 Å². The molecule has 1 N–H and O–H groups in total. The van der Waals surface area contributed by atoms with Gasteiger partial charge in [0.25, 0.3) is 0 Å². The third-order valence-electron chi connectivity index (χ3n) is 2.44. The highest BCUT2D eigenvalue weighted by molar-refractivity contribution is 7.16. The summed E-state index contributed by atoms with van der Waals surface area (Å²) in [5.41, 5.74) is 0.770. The molecule has 2 nitrogen and oxygen atoms in total. The Kier molecular flexibility index (Phi) is 4.51. The zero-order chi connectivity index (χ0) is 13.1. The molecule has 0 saturated carbocycles. The molecule has 18 heavy (non-hydrogen) atoms. The van der Waals surface area contributed by atoms with Crippen LogP contribution in [0.4, 0.5) is 0 Å². The summed E-state index contributed by atoms with van der Waals surface area (Å²) >= 11 is 13.4. The van der Waals surface area contributed by atoms with Crippen LogP contribution in [0.1, 0.15) is 23.5 Å². The maximum atomic E-state index is 9.44. The van der Waals surface area contributed by atoms with Gasteiger partial charge >= 0.3 is 0 Å². The lowest BCUT2D eigenvalue weighted by Crippen LogP contribution is -1.96. The monoisotopic (exact) mass is 302 g/mol. The normalized spacial score (nSPS) is 12.4. The maximum Gasteiger partial charge on any atom is 0.138 e. The Labute approximate surface area is 120 Å². The molecule has 2 aromatic rings. The van der Waals surface area contributed by atoms with E-state index in [1.165, 1.54) is 11.3 Å². The van der Waals surface area contributed by atoms with E-state index in [0.29, 0.717) is 17.4 Å². The highest BCUT2D eigenvalue weighted by Crippen LogP contribution is 2.29. The first-order valence-electron chi connectivity index (χ1n) is 5.41. The quantitative estimate of drug-likeness (QED) is 0.888. The van der Waals surface area contributed by atoms with E-state index in [1.807, 2.05) is 12.1 Å². The van der Waals surface area contributed by atoms with Crippen LogP contribution < -0.4 is 4.74 Å². The Morgan fingerprint density at radius 1 is 1.28 bits per heavy atom. The first-order valence-corrected chi connectivity index (χ1v) is 6.98. The fourth-order valence-electron chi connectivity index (χ4n) is 1.47. The minimum Gasteiger partial charge on any atom is -0.487 e. The molecule has 5 heteroatoms. The third kappa shape index (κ3) is 3.39. The lowest BCUT2D eigenvalue weighted by atomic mass is 10.1. The average Bonchev–Trinajstić information content (AvgIpc) is 2.73. The molecule has 0 aliphatic heterocycles. The largest absolute Gasteiger partial charge is 0.487 e. The first kappa shape index (κ1) is 13.7. The molecule has 1 heterocycles. The van der Waals surface area contributed by atoms with Gasteiger partial charge in [-0.15, -0.1) is 11.3 Å². The molecule has 0 radical (unpaired) electrons. The van der Waals surface area contributed by atoms with Gasteiger partial charge in [-0.05, 0) is 36.8 Å². The molecule has 2 rings (SSSR count). The van der Waals surface area contributed by atoms with Gasteiger partial charge in [0.1, 0.15) is 12.4 Å². The highest BCUT2D eigenvalue weighted by Gasteiger charge is 2.07. The Morgan fingerprint density at radius 2 is 2.06 bits per heavy atom. The van der Waals surface area contributed by atoms with Gasteiger partial charge in [0, 0.05) is 4.88 Å². The molecule has 1 aromatic carbocycles. The number of halogens is 2. The zero-order valence-corrected chi connectivity index (χ0v) is 12.0. The fourth-order valence-corrected chi connectivity index (χ4v) is 2.72. The highest BCUT2D eigenvalue weighted by atomic mass is 35.5. The number of rotatable bonds is 4. The van der Waals surface area contributed by atoms with Crippen LogP contribution in [0.3, 0.4) is 0 Å². The van der Waals surface area contributed by atoms with Crippen LogP contribution >= 0.6 is 34.5 Å². The van der Waals surface area contributed by atoms with E-state index in [0.717, 1.165) is 14.8 Å². The Balaban J connectivity index is 2.05. The van der Waals surface area contributed by atoms with Gasteiger partial charge in [0.05, 0.1) is 15.5 Å². The molecular weight excluding hydrogens is 291 g/mol. The molecule has 0 fully saturated rings. The molecule has 1 aromatic heterocycles. The summed E-state index contributed by atoms with van der Waals surface area (Å²) in [6, 6.07) is 9.03. The van der Waals surface area contributed by atoms with E-state index in [2.05, 4.69) is 0 Å². The molecule has 0 bridgehead atoms. The lowest BCUT2D eigenvalue weighted by molar-refractivity contribution is 0.199. The topological polar surface area (TPSA) is 29.5 Å². The predicted molar refractivity (Wildman–Crippen MR) is 75.7 cm³/mol. The first-order chi connectivity index (χ1) is 8.56. The maximum absolute atomic E-state index is 9.44. The Bertz CT molecular complexity index is 538. The van der Waals surface area contributed by atoms with Gasteiger partial charge in [-0.3, -0.25) is 0 Å². The van der Waals surface area contributed by atoms with Crippen LogP contribution in [0.25, 0.3) is 0 Å². The van der Waals surface area contributed by atoms with Crippen molar-refractivity contribution in [3.8, 4) is 5.75 Å². The van der Waals surface area contributed by atoms with Gasteiger partial charge in [-0.2, -0.15) is 0 Å². The number of aliphatic hydroxyl groups is 1. The zero-order valence-electron chi connectivity index (χ0n) is 9.69. The molecule has 0 spiro atoms. The van der Waals surface area contributed by atoms with Crippen molar-refractivity contribution in [2.45, 2.75) is 19.6 Å². The van der Waals surface area contributed by atoms with Crippen molar-refractivity contribution in [2.75, 3.05) is 0 Å². The molecule has 0 aliphatic rings. The van der Waals surface area contributed by atoms with Gasteiger partial charge in [-0.1, -0.05) is 29.3 Å². The second kappa shape index (κ2) is 5.93. The number of thiophene rings is 1. The molecule has 96 valence electrons. The summed E-state index contributed by atoms with van der Waals surface area (Å²) in [5, 5.41) is 9.93. The average molecular weight is 303 g/mol. The Morgan fingerprint density at radius 3 is 2.61 bits per heavy atom. The van der Waals surface area contributed by atoms with Gasteiger partial charge in [0.2, 0.25) is 0 Å². The summed E-state index contributed by atoms with van der Waals surface area (Å²) in [6.45, 7) is 2.13. The summed E-state index contributed by atoms with van der Waals surface area (Å²) in [4.78, 5) is 1.04. The molecular formula is C13H12Cl2O2S. The number of aliphatic hydroxyl groups excluding tert-OH is 1. The van der Waals surface area contributed by atoms with Crippen LogP contribution in [-0.2, 0) is 6.61 Å². The smallest absolute Gasteiger partial charge is 0.138 e. The molecule has 0 saturated heterocycles. The molecule has 0 aliphatic carbocycles. The van der Waals surface area contributed by atoms with Gasteiger partial charge in [0.15, 0.2) is 0 Å². The van der Waals surface area contributed by atoms with Crippen LogP contribution in [0.5, 0.6) is 5.75 Å². The van der Waals surface area contributed by atoms with E-state index < -0.39 is 6.10 Å². The summed E-state index contributed by atoms with van der Waals surface area (Å²) in [7, 11) is 0. The third-order valence-corrected chi connectivity index (χ3v) is 3.94. The second-order valence-corrected chi connectivity index (χ2v) is 6.07. The van der Waals surface area contributed by atoms with E-state index >= 15 is 0 Å². The van der Waals surface area contributed by atoms with E-state index in [4.69, 9.17) is 27.9 Å². The fraction of sp³-hybridized carbons (Fsp3) is 0.231. The van der Waals surface area contributed by atoms with Gasteiger partial charge < -0.3 is 9.84 Å². The minimum atomic E-state index is -0.535. The summed E-state index contributed by atoms with van der Waals surface area (Å²) in [6.07, 6.45) is -0.535. The summed E-state index contributed by atoms with van der Waals surface area (Å²) in [5.74, 6) is 0.602. The van der Waals surface area contributed by atoms with E-state index in [-0.39, 0.29) is 0 Å².